The number of nitrogens with one attached hydrogen (secondary N) is 2. The van der Waals surface area contributed by atoms with Crippen LogP contribution in [0.1, 0.15) is 25.6 Å². The van der Waals surface area contributed by atoms with Crippen molar-refractivity contribution < 1.29 is 9.59 Å². The Balaban J connectivity index is 1.75. The van der Waals surface area contributed by atoms with Crippen LogP contribution in [-0.2, 0) is 0 Å². The third-order valence-electron chi connectivity index (χ3n) is 3.50. The molecule has 5 nitrogen and oxygen atoms in total. The number of halogens is 2. The Morgan fingerprint density at radius 3 is 2.52 bits per heavy atom. The zero-order valence-corrected chi connectivity index (χ0v) is 16.1. The summed E-state index contributed by atoms with van der Waals surface area (Å²) in [7, 11) is 0. The molecule has 0 unspecified atom stereocenters. The normalized spacial score (nSPS) is 10.7. The Hall–Kier alpha value is -2.67. The fraction of sp³-hybridized carbons (Fsp3) is 0. The Bertz CT molecular complexity index is 1000. The average Bonchev–Trinajstić information content (AvgIpc) is 3.15. The number of amides is 2. The highest BCUT2D eigenvalue weighted by molar-refractivity contribution is 7.11. The number of anilines is 1. The van der Waals surface area contributed by atoms with Crippen molar-refractivity contribution >= 4 is 58.3 Å². The maximum absolute atomic E-state index is 12.5. The highest BCUT2D eigenvalue weighted by Gasteiger charge is 2.15. The van der Waals surface area contributed by atoms with Gasteiger partial charge in [0.15, 0.2) is 0 Å². The van der Waals surface area contributed by atoms with E-state index in [2.05, 4.69) is 15.8 Å². The highest BCUT2D eigenvalue weighted by atomic mass is 35.5. The maximum Gasteiger partial charge on any atom is 0.273 e. The number of hydrogen-bond donors (Lipinski definition) is 2. The number of rotatable bonds is 5. The van der Waals surface area contributed by atoms with Crippen LogP contribution in [0.3, 0.4) is 0 Å². The molecule has 0 atom stereocenters. The van der Waals surface area contributed by atoms with E-state index < -0.39 is 11.8 Å². The number of carbonyl (C=O) groups is 2. The number of para-hydroxylation sites is 1. The molecule has 0 spiro atoms. The van der Waals surface area contributed by atoms with E-state index in [0.717, 1.165) is 4.88 Å². The second-order valence-corrected chi connectivity index (χ2v) is 7.16. The van der Waals surface area contributed by atoms with Gasteiger partial charge in [-0.2, -0.15) is 5.10 Å². The summed E-state index contributed by atoms with van der Waals surface area (Å²) in [6, 6.07) is 15.0. The summed E-state index contributed by atoms with van der Waals surface area (Å²) in [5.74, 6) is -0.889. The van der Waals surface area contributed by atoms with Crippen molar-refractivity contribution in [2.75, 3.05) is 5.32 Å². The molecule has 136 valence electrons. The van der Waals surface area contributed by atoms with Gasteiger partial charge in [-0.1, -0.05) is 41.4 Å². The van der Waals surface area contributed by atoms with E-state index in [1.165, 1.54) is 23.5 Å². The van der Waals surface area contributed by atoms with E-state index in [-0.39, 0.29) is 16.1 Å². The van der Waals surface area contributed by atoms with Crippen LogP contribution >= 0.6 is 34.5 Å². The van der Waals surface area contributed by atoms with Crippen molar-refractivity contribution in [3.05, 3.63) is 86.0 Å². The number of carbonyl (C=O) groups excluding carboxylic acids is 2. The first kappa shape index (κ1) is 19.1. The summed E-state index contributed by atoms with van der Waals surface area (Å²) in [6.07, 6.45) is 1.55. The Morgan fingerprint density at radius 2 is 1.78 bits per heavy atom. The molecule has 0 aliphatic carbocycles. The minimum atomic E-state index is -0.445. The predicted molar refractivity (Wildman–Crippen MR) is 110 cm³/mol. The molecular formula is C19H13Cl2N3O2S. The molecule has 1 aromatic heterocycles. The van der Waals surface area contributed by atoms with Crippen LogP contribution in [-0.4, -0.2) is 18.0 Å². The zero-order valence-electron chi connectivity index (χ0n) is 13.8. The van der Waals surface area contributed by atoms with Gasteiger partial charge in [0.05, 0.1) is 28.1 Å². The number of benzene rings is 2. The Morgan fingerprint density at radius 1 is 0.963 bits per heavy atom. The lowest BCUT2D eigenvalue weighted by molar-refractivity contribution is 0.0956. The third kappa shape index (κ3) is 4.95. The second-order valence-electron chi connectivity index (χ2n) is 5.34. The van der Waals surface area contributed by atoms with E-state index >= 15 is 0 Å². The fourth-order valence-corrected chi connectivity index (χ4v) is 3.31. The zero-order chi connectivity index (χ0) is 19.2. The fourth-order valence-electron chi connectivity index (χ4n) is 2.23. The molecule has 0 fully saturated rings. The molecule has 2 N–H and O–H groups in total. The van der Waals surface area contributed by atoms with Gasteiger partial charge in [0.25, 0.3) is 11.8 Å². The minimum absolute atomic E-state index is 0.225. The topological polar surface area (TPSA) is 70.6 Å². The third-order valence-corrected chi connectivity index (χ3v) is 4.85. The summed E-state index contributed by atoms with van der Waals surface area (Å²) in [5.41, 5.74) is 3.33. The second kappa shape index (κ2) is 8.81. The van der Waals surface area contributed by atoms with Gasteiger partial charge < -0.3 is 5.32 Å². The summed E-state index contributed by atoms with van der Waals surface area (Å²) in [4.78, 5) is 25.8. The van der Waals surface area contributed by atoms with Crippen molar-refractivity contribution in [3.63, 3.8) is 0 Å². The minimum Gasteiger partial charge on any atom is -0.321 e. The van der Waals surface area contributed by atoms with Crippen molar-refractivity contribution in [1.82, 2.24) is 5.43 Å². The van der Waals surface area contributed by atoms with Crippen LogP contribution in [0.15, 0.2) is 65.1 Å². The monoisotopic (exact) mass is 417 g/mol. The standard InChI is InChI=1S/C19H13Cl2N3O2S/c20-12-7-8-14(16(21)10-12)18(25)23-17-6-2-1-5-15(17)19(26)24-22-11-13-4-3-9-27-13/h1-11H,(H,23,25)(H,24,26). The summed E-state index contributed by atoms with van der Waals surface area (Å²) in [5, 5.41) is 9.19. The summed E-state index contributed by atoms with van der Waals surface area (Å²) in [6.45, 7) is 0. The SMILES string of the molecule is O=C(Nc1ccccc1C(=O)NN=Cc1cccs1)c1ccc(Cl)cc1Cl. The van der Waals surface area contributed by atoms with Crippen molar-refractivity contribution in [2.24, 2.45) is 5.10 Å². The van der Waals surface area contributed by atoms with Gasteiger partial charge in [0, 0.05) is 9.90 Å². The van der Waals surface area contributed by atoms with Gasteiger partial charge in [-0.3, -0.25) is 9.59 Å². The van der Waals surface area contributed by atoms with Crippen LogP contribution in [0.4, 0.5) is 5.69 Å². The first-order valence-corrected chi connectivity index (χ1v) is 9.40. The lowest BCUT2D eigenvalue weighted by Crippen LogP contribution is -2.21. The predicted octanol–water partition coefficient (Wildman–Crippen LogP) is 5.07. The van der Waals surface area contributed by atoms with Gasteiger partial charge in [-0.15, -0.1) is 11.3 Å². The highest BCUT2D eigenvalue weighted by Crippen LogP contribution is 2.23. The van der Waals surface area contributed by atoms with Gasteiger partial charge >= 0.3 is 0 Å². The smallest absolute Gasteiger partial charge is 0.273 e. The first-order chi connectivity index (χ1) is 13.0. The number of nitrogens with zero attached hydrogens (tertiary/aromatic N) is 1. The largest absolute Gasteiger partial charge is 0.321 e. The first-order valence-electron chi connectivity index (χ1n) is 7.77. The average molecular weight is 418 g/mol. The van der Waals surface area contributed by atoms with E-state index in [1.54, 1.807) is 36.5 Å². The van der Waals surface area contributed by atoms with Gasteiger partial charge in [0.2, 0.25) is 0 Å². The molecule has 3 rings (SSSR count). The number of thiophene rings is 1. The van der Waals surface area contributed by atoms with Crippen LogP contribution in [0.25, 0.3) is 0 Å². The van der Waals surface area contributed by atoms with Crippen LogP contribution < -0.4 is 10.7 Å². The van der Waals surface area contributed by atoms with Crippen LogP contribution in [0.2, 0.25) is 10.0 Å². The lowest BCUT2D eigenvalue weighted by atomic mass is 10.1. The molecule has 0 saturated carbocycles. The summed E-state index contributed by atoms with van der Waals surface area (Å²) >= 11 is 13.4. The molecule has 8 heteroatoms. The Kier molecular flexibility index (Phi) is 6.24. The van der Waals surface area contributed by atoms with Crippen LogP contribution in [0, 0.1) is 0 Å². The quantitative estimate of drug-likeness (QED) is 0.449. The van der Waals surface area contributed by atoms with E-state index in [1.807, 2.05) is 17.5 Å². The van der Waals surface area contributed by atoms with Gasteiger partial charge in [0.1, 0.15) is 0 Å². The Labute approximate surface area is 169 Å². The molecular weight excluding hydrogens is 405 g/mol. The lowest BCUT2D eigenvalue weighted by Gasteiger charge is -2.11. The van der Waals surface area contributed by atoms with Crippen molar-refractivity contribution in [2.45, 2.75) is 0 Å². The number of hydrogen-bond acceptors (Lipinski definition) is 4. The van der Waals surface area contributed by atoms with Crippen LogP contribution in [0.5, 0.6) is 0 Å². The molecule has 0 bridgehead atoms. The molecule has 3 aromatic rings. The summed E-state index contributed by atoms with van der Waals surface area (Å²) < 4.78 is 0. The van der Waals surface area contributed by atoms with Gasteiger partial charge in [-0.05, 0) is 41.8 Å². The molecule has 0 saturated heterocycles. The molecule has 0 aliphatic heterocycles. The maximum atomic E-state index is 12.5. The molecule has 1 heterocycles. The van der Waals surface area contributed by atoms with E-state index in [0.29, 0.717) is 10.7 Å². The van der Waals surface area contributed by atoms with Crippen molar-refractivity contribution in [1.29, 1.82) is 0 Å². The number of hydrazone groups is 1. The molecule has 27 heavy (non-hydrogen) atoms. The molecule has 2 amide bonds. The van der Waals surface area contributed by atoms with Gasteiger partial charge in [-0.25, -0.2) is 5.43 Å². The molecule has 0 radical (unpaired) electrons. The van der Waals surface area contributed by atoms with E-state index in [9.17, 15) is 9.59 Å². The molecule has 2 aromatic carbocycles. The van der Waals surface area contributed by atoms with E-state index in [4.69, 9.17) is 23.2 Å². The van der Waals surface area contributed by atoms with Crippen molar-refractivity contribution in [3.8, 4) is 0 Å². The molecule has 0 aliphatic rings.